The third-order valence-electron chi connectivity index (χ3n) is 4.66. The molecule has 0 saturated heterocycles. The van der Waals surface area contributed by atoms with E-state index in [1.54, 1.807) is 48.6 Å². The minimum absolute atomic E-state index is 0.0455. The third kappa shape index (κ3) is 4.17. The second-order valence-corrected chi connectivity index (χ2v) is 6.41. The van der Waals surface area contributed by atoms with Gasteiger partial charge in [-0.1, -0.05) is 6.07 Å². The van der Waals surface area contributed by atoms with Crippen molar-refractivity contribution in [3.63, 3.8) is 0 Å². The Labute approximate surface area is 164 Å². The zero-order chi connectivity index (χ0) is 20.1. The molecule has 6 nitrogen and oxygen atoms in total. The van der Waals surface area contributed by atoms with Gasteiger partial charge in [0, 0.05) is 41.4 Å². The second kappa shape index (κ2) is 8.61. The number of amides is 2. The number of hydrogen-bond donors (Lipinski definition) is 1. The van der Waals surface area contributed by atoms with E-state index in [4.69, 9.17) is 9.15 Å². The van der Waals surface area contributed by atoms with Gasteiger partial charge in [0.1, 0.15) is 11.3 Å². The molecule has 0 atom stereocenters. The molecule has 3 rings (SSSR count). The maximum Gasteiger partial charge on any atom is 0.253 e. The van der Waals surface area contributed by atoms with Gasteiger partial charge in [0.15, 0.2) is 0 Å². The van der Waals surface area contributed by atoms with Crippen LogP contribution in [0.4, 0.5) is 5.69 Å². The summed E-state index contributed by atoms with van der Waals surface area (Å²) in [6.07, 6.45) is 1.76. The average Bonchev–Trinajstić information content (AvgIpc) is 3.10. The molecule has 0 unspecified atom stereocenters. The normalized spacial score (nSPS) is 10.7. The monoisotopic (exact) mass is 380 g/mol. The molecule has 3 aromatic rings. The van der Waals surface area contributed by atoms with Crippen LogP contribution < -0.4 is 10.1 Å². The number of rotatable bonds is 7. The number of carbonyl (C=O) groups excluding carboxylic acids is 2. The number of furan rings is 1. The molecule has 1 heterocycles. The Bertz CT molecular complexity index is 989. The molecule has 0 spiro atoms. The molecule has 146 valence electrons. The van der Waals surface area contributed by atoms with Crippen LogP contribution >= 0.6 is 0 Å². The Morgan fingerprint density at radius 3 is 2.61 bits per heavy atom. The molecule has 28 heavy (non-hydrogen) atoms. The molecular weight excluding hydrogens is 356 g/mol. The first kappa shape index (κ1) is 19.5. The summed E-state index contributed by atoms with van der Waals surface area (Å²) in [5.41, 5.74) is 2.62. The van der Waals surface area contributed by atoms with Gasteiger partial charge in [-0.25, -0.2) is 0 Å². The average molecular weight is 380 g/mol. The summed E-state index contributed by atoms with van der Waals surface area (Å²) in [4.78, 5) is 26.7. The predicted molar refractivity (Wildman–Crippen MR) is 109 cm³/mol. The van der Waals surface area contributed by atoms with Gasteiger partial charge in [0.25, 0.3) is 5.91 Å². The summed E-state index contributed by atoms with van der Waals surface area (Å²) in [6, 6.07) is 12.5. The summed E-state index contributed by atoms with van der Waals surface area (Å²) in [5.74, 6) is 0.481. The lowest BCUT2D eigenvalue weighted by atomic mass is 10.1. The van der Waals surface area contributed by atoms with Crippen LogP contribution in [0.2, 0.25) is 0 Å². The van der Waals surface area contributed by atoms with Crippen molar-refractivity contribution in [3.8, 4) is 5.75 Å². The molecule has 0 aliphatic rings. The summed E-state index contributed by atoms with van der Waals surface area (Å²) >= 11 is 0. The summed E-state index contributed by atoms with van der Waals surface area (Å²) in [6.45, 7) is 5.17. The Morgan fingerprint density at radius 1 is 1.11 bits per heavy atom. The van der Waals surface area contributed by atoms with Crippen LogP contribution in [0, 0.1) is 0 Å². The van der Waals surface area contributed by atoms with Crippen molar-refractivity contribution in [2.24, 2.45) is 0 Å². The lowest BCUT2D eigenvalue weighted by Crippen LogP contribution is -2.30. The smallest absolute Gasteiger partial charge is 0.253 e. The van der Waals surface area contributed by atoms with Crippen molar-refractivity contribution in [2.45, 2.75) is 20.3 Å². The number of benzene rings is 2. The molecule has 0 aliphatic heterocycles. The van der Waals surface area contributed by atoms with Crippen LogP contribution in [-0.2, 0) is 11.2 Å². The van der Waals surface area contributed by atoms with Crippen LogP contribution in [0.15, 0.2) is 53.1 Å². The number of carbonyl (C=O) groups is 2. The quantitative estimate of drug-likeness (QED) is 0.670. The van der Waals surface area contributed by atoms with E-state index in [0.717, 1.165) is 10.9 Å². The molecule has 1 N–H and O–H groups in total. The van der Waals surface area contributed by atoms with Gasteiger partial charge in [-0.3, -0.25) is 9.59 Å². The molecule has 6 heteroatoms. The van der Waals surface area contributed by atoms with E-state index in [1.807, 2.05) is 26.0 Å². The Hall–Kier alpha value is -3.28. The van der Waals surface area contributed by atoms with E-state index in [-0.39, 0.29) is 18.2 Å². The van der Waals surface area contributed by atoms with Crippen molar-refractivity contribution in [3.05, 3.63) is 59.9 Å². The van der Waals surface area contributed by atoms with E-state index in [0.29, 0.717) is 35.7 Å². The number of ether oxygens (including phenoxy) is 1. The van der Waals surface area contributed by atoms with Crippen molar-refractivity contribution in [1.82, 2.24) is 4.90 Å². The fourth-order valence-corrected chi connectivity index (χ4v) is 3.13. The predicted octanol–water partition coefficient (Wildman–Crippen LogP) is 4.10. The summed E-state index contributed by atoms with van der Waals surface area (Å²) in [7, 11) is 1.59. The molecule has 0 saturated carbocycles. The maximum absolute atomic E-state index is 12.5. The maximum atomic E-state index is 12.5. The van der Waals surface area contributed by atoms with Crippen molar-refractivity contribution < 1.29 is 18.7 Å². The van der Waals surface area contributed by atoms with Crippen LogP contribution in [0.3, 0.4) is 0 Å². The topological polar surface area (TPSA) is 71.8 Å². The van der Waals surface area contributed by atoms with Gasteiger partial charge < -0.3 is 19.4 Å². The number of hydrogen-bond acceptors (Lipinski definition) is 4. The highest BCUT2D eigenvalue weighted by Crippen LogP contribution is 2.26. The fraction of sp³-hybridized carbons (Fsp3) is 0.273. The second-order valence-electron chi connectivity index (χ2n) is 6.41. The first-order valence-corrected chi connectivity index (χ1v) is 9.29. The first-order valence-electron chi connectivity index (χ1n) is 9.29. The third-order valence-corrected chi connectivity index (χ3v) is 4.66. The van der Waals surface area contributed by atoms with Gasteiger partial charge in [-0.15, -0.1) is 0 Å². The van der Waals surface area contributed by atoms with Gasteiger partial charge >= 0.3 is 0 Å². The summed E-state index contributed by atoms with van der Waals surface area (Å²) in [5, 5.41) is 3.74. The molecular formula is C22H24N2O4. The van der Waals surface area contributed by atoms with Crippen molar-refractivity contribution in [2.75, 3.05) is 25.5 Å². The molecule has 2 aromatic carbocycles. The molecule has 0 fully saturated rings. The lowest BCUT2D eigenvalue weighted by molar-refractivity contribution is -0.115. The number of nitrogens with zero attached hydrogens (tertiary/aromatic N) is 1. The van der Waals surface area contributed by atoms with Gasteiger partial charge in [0.05, 0.1) is 19.8 Å². The highest BCUT2D eigenvalue weighted by molar-refractivity contribution is 5.98. The minimum atomic E-state index is -0.175. The van der Waals surface area contributed by atoms with Gasteiger partial charge in [-0.2, -0.15) is 0 Å². The van der Waals surface area contributed by atoms with E-state index >= 15 is 0 Å². The zero-order valence-electron chi connectivity index (χ0n) is 16.3. The number of anilines is 1. The van der Waals surface area contributed by atoms with E-state index in [2.05, 4.69) is 5.32 Å². The van der Waals surface area contributed by atoms with Crippen LogP contribution in [-0.4, -0.2) is 36.9 Å². The minimum Gasteiger partial charge on any atom is -0.497 e. The van der Waals surface area contributed by atoms with Crippen molar-refractivity contribution in [1.29, 1.82) is 0 Å². The fourth-order valence-electron chi connectivity index (χ4n) is 3.13. The SMILES string of the molecule is CCN(CC)C(=O)c1cccc(NC(=O)Cc2coc3cc(OC)ccc23)c1. The van der Waals surface area contributed by atoms with Crippen LogP contribution in [0.5, 0.6) is 5.75 Å². The largest absolute Gasteiger partial charge is 0.497 e. The highest BCUT2D eigenvalue weighted by atomic mass is 16.5. The van der Waals surface area contributed by atoms with E-state index < -0.39 is 0 Å². The molecule has 1 aromatic heterocycles. The molecule has 0 aliphatic carbocycles. The van der Waals surface area contributed by atoms with Gasteiger partial charge in [0.2, 0.25) is 5.91 Å². The standard InChI is InChI=1S/C22H24N2O4/c1-4-24(5-2)22(26)15-7-6-8-17(11-15)23-21(25)12-16-14-28-20-13-18(27-3)9-10-19(16)20/h6-11,13-14H,4-5,12H2,1-3H3,(H,23,25). The van der Waals surface area contributed by atoms with Crippen LogP contribution in [0.25, 0.3) is 11.0 Å². The van der Waals surface area contributed by atoms with Crippen LogP contribution in [0.1, 0.15) is 29.8 Å². The Morgan fingerprint density at radius 2 is 1.89 bits per heavy atom. The zero-order valence-corrected chi connectivity index (χ0v) is 16.3. The lowest BCUT2D eigenvalue weighted by Gasteiger charge is -2.19. The first-order chi connectivity index (χ1) is 13.5. The highest BCUT2D eigenvalue weighted by Gasteiger charge is 2.14. The summed E-state index contributed by atoms with van der Waals surface area (Å²) < 4.78 is 10.7. The molecule has 0 bridgehead atoms. The van der Waals surface area contributed by atoms with Crippen molar-refractivity contribution >= 4 is 28.5 Å². The number of nitrogens with one attached hydrogen (secondary N) is 1. The molecule has 2 amide bonds. The molecule has 0 radical (unpaired) electrons. The van der Waals surface area contributed by atoms with Gasteiger partial charge in [-0.05, 0) is 44.2 Å². The number of fused-ring (bicyclic) bond motifs is 1. The Balaban J connectivity index is 1.72. The Kier molecular flexibility index (Phi) is 5.99. The van der Waals surface area contributed by atoms with E-state index in [1.165, 1.54) is 0 Å². The number of methoxy groups -OCH3 is 1. The van der Waals surface area contributed by atoms with E-state index in [9.17, 15) is 9.59 Å².